The maximum absolute atomic E-state index is 14.1. The van der Waals surface area contributed by atoms with Crippen LogP contribution in [-0.2, 0) is 11.2 Å². The molecule has 0 bridgehead atoms. The second-order valence-electron chi connectivity index (χ2n) is 7.97. The van der Waals surface area contributed by atoms with E-state index in [2.05, 4.69) is 5.32 Å². The maximum atomic E-state index is 14.1. The molecule has 0 spiro atoms. The van der Waals surface area contributed by atoms with Gasteiger partial charge in [0.05, 0.1) is 25.3 Å². The van der Waals surface area contributed by atoms with Crippen molar-refractivity contribution in [3.63, 3.8) is 0 Å². The molecule has 1 fully saturated rings. The number of nitrogens with zero attached hydrogens (tertiary/aromatic N) is 1. The van der Waals surface area contributed by atoms with Crippen LogP contribution in [0.15, 0.2) is 16.9 Å². The van der Waals surface area contributed by atoms with E-state index in [1.165, 1.54) is 21.6 Å². The van der Waals surface area contributed by atoms with Crippen molar-refractivity contribution in [3.05, 3.63) is 39.4 Å². The maximum Gasteiger partial charge on any atom is 0.267 e. The van der Waals surface area contributed by atoms with Crippen LogP contribution in [0.3, 0.4) is 0 Å². The molecule has 3 N–H and O–H groups in total. The zero-order chi connectivity index (χ0) is 20.5. The summed E-state index contributed by atoms with van der Waals surface area (Å²) in [6.07, 6.45) is 2.07. The number of hydrogen-bond donors (Lipinski definition) is 3. The Hall–Kier alpha value is -2.45. The molecule has 0 unspecified atom stereocenters. The van der Waals surface area contributed by atoms with E-state index in [0.29, 0.717) is 30.5 Å². The minimum atomic E-state index is -0.612. The molecule has 2 aliphatic heterocycles. The first-order valence-corrected chi connectivity index (χ1v) is 10.3. The molecule has 1 aromatic carbocycles. The van der Waals surface area contributed by atoms with Crippen molar-refractivity contribution in [1.82, 2.24) is 9.88 Å². The molecule has 29 heavy (non-hydrogen) atoms. The number of quaternary nitrogens is 1. The molecule has 156 valence electrons. The minimum Gasteiger partial charge on any atom is -0.506 e. The average molecular weight is 404 g/mol. The van der Waals surface area contributed by atoms with Crippen LogP contribution < -0.4 is 15.8 Å². The number of aryl methyl sites for hydroxylation is 1. The summed E-state index contributed by atoms with van der Waals surface area (Å²) in [6.45, 7) is 6.63. The van der Waals surface area contributed by atoms with Gasteiger partial charge in [-0.05, 0) is 37.5 Å². The van der Waals surface area contributed by atoms with E-state index in [-0.39, 0.29) is 17.0 Å². The molecule has 2 aromatic rings. The van der Waals surface area contributed by atoms with Gasteiger partial charge in [0.1, 0.15) is 30.2 Å². The number of ether oxygens (including phenoxy) is 1. The van der Waals surface area contributed by atoms with E-state index in [9.17, 15) is 19.1 Å². The number of benzene rings is 1. The third-order valence-electron chi connectivity index (χ3n) is 6.01. The van der Waals surface area contributed by atoms with Crippen LogP contribution in [0.2, 0.25) is 0 Å². The number of hydrogen-bond acceptors (Lipinski definition) is 4. The Labute approximate surface area is 168 Å². The highest BCUT2D eigenvalue weighted by Crippen LogP contribution is 2.35. The molecule has 1 amide bonds. The molecule has 1 atom stereocenters. The second kappa shape index (κ2) is 8.12. The summed E-state index contributed by atoms with van der Waals surface area (Å²) in [5, 5.41) is 13.6. The van der Waals surface area contributed by atoms with Crippen molar-refractivity contribution >= 4 is 16.8 Å². The van der Waals surface area contributed by atoms with Crippen LogP contribution in [0, 0.1) is 5.82 Å². The molecule has 3 heterocycles. The van der Waals surface area contributed by atoms with Crippen molar-refractivity contribution in [2.45, 2.75) is 32.2 Å². The first-order chi connectivity index (χ1) is 14.0. The number of amides is 1. The van der Waals surface area contributed by atoms with Gasteiger partial charge >= 0.3 is 0 Å². The summed E-state index contributed by atoms with van der Waals surface area (Å²) >= 11 is 0. The van der Waals surface area contributed by atoms with E-state index < -0.39 is 23.0 Å². The third-order valence-corrected chi connectivity index (χ3v) is 6.01. The summed E-state index contributed by atoms with van der Waals surface area (Å²) in [5.74, 6) is -1.53. The lowest BCUT2D eigenvalue weighted by Crippen LogP contribution is -3.14. The van der Waals surface area contributed by atoms with Crippen LogP contribution in [0.5, 0.6) is 5.75 Å². The molecule has 1 saturated heterocycles. The van der Waals surface area contributed by atoms with E-state index in [4.69, 9.17) is 4.74 Å². The second-order valence-corrected chi connectivity index (χ2v) is 7.97. The van der Waals surface area contributed by atoms with Crippen molar-refractivity contribution < 1.29 is 23.9 Å². The first kappa shape index (κ1) is 19.8. The number of rotatable bonds is 5. The van der Waals surface area contributed by atoms with Crippen molar-refractivity contribution in [2.24, 2.45) is 0 Å². The molecule has 8 heteroatoms. The third kappa shape index (κ3) is 3.74. The Bertz CT molecular complexity index is 998. The Morgan fingerprint density at radius 1 is 1.38 bits per heavy atom. The topological polar surface area (TPSA) is 85.0 Å². The Morgan fingerprint density at radius 2 is 2.14 bits per heavy atom. The highest BCUT2D eigenvalue weighted by Gasteiger charge is 2.28. The van der Waals surface area contributed by atoms with E-state index in [1.54, 1.807) is 0 Å². The lowest BCUT2D eigenvalue weighted by atomic mass is 9.95. The molecule has 2 aliphatic rings. The number of pyridine rings is 1. The van der Waals surface area contributed by atoms with Gasteiger partial charge in [-0.25, -0.2) is 4.39 Å². The summed E-state index contributed by atoms with van der Waals surface area (Å²) in [4.78, 5) is 27.2. The van der Waals surface area contributed by atoms with Gasteiger partial charge in [-0.3, -0.25) is 9.59 Å². The van der Waals surface area contributed by atoms with Gasteiger partial charge < -0.3 is 24.6 Å². The first-order valence-electron chi connectivity index (χ1n) is 10.3. The lowest BCUT2D eigenvalue weighted by Gasteiger charge is -2.26. The normalized spacial score (nSPS) is 19.4. The zero-order valence-corrected chi connectivity index (χ0v) is 16.6. The highest BCUT2D eigenvalue weighted by atomic mass is 19.1. The van der Waals surface area contributed by atoms with Gasteiger partial charge in [-0.15, -0.1) is 0 Å². The number of aromatic hydroxyl groups is 1. The predicted octanol–water partition coefficient (Wildman–Crippen LogP) is 0.388. The Morgan fingerprint density at radius 3 is 2.90 bits per heavy atom. The molecule has 0 aliphatic carbocycles. The highest BCUT2D eigenvalue weighted by molar-refractivity contribution is 6.03. The predicted molar refractivity (Wildman–Crippen MR) is 106 cm³/mol. The fourth-order valence-corrected chi connectivity index (χ4v) is 4.43. The largest absolute Gasteiger partial charge is 0.506 e. The molecule has 4 rings (SSSR count). The number of morpholine rings is 1. The number of nitrogens with one attached hydrogen (secondary N) is 2. The quantitative estimate of drug-likeness (QED) is 0.630. The van der Waals surface area contributed by atoms with Gasteiger partial charge in [0.25, 0.3) is 11.5 Å². The zero-order valence-electron chi connectivity index (χ0n) is 16.6. The molecule has 7 nitrogen and oxygen atoms in total. The fraction of sp³-hybridized carbons (Fsp3) is 0.524. The fourth-order valence-electron chi connectivity index (χ4n) is 4.43. The minimum absolute atomic E-state index is 0.125. The van der Waals surface area contributed by atoms with E-state index in [1.807, 2.05) is 6.92 Å². The van der Waals surface area contributed by atoms with E-state index >= 15 is 0 Å². The van der Waals surface area contributed by atoms with Gasteiger partial charge in [-0.1, -0.05) is 0 Å². The molecule has 0 saturated carbocycles. The van der Waals surface area contributed by atoms with Crippen LogP contribution in [-0.4, -0.2) is 55.0 Å². The number of carbonyl (C=O) groups is 1. The SMILES string of the molecule is C[C@H]1CCc2cc(F)cc3c(O)c(C(=O)NCCC[NH+]4CCOCC4)c(=O)n1c23. The monoisotopic (exact) mass is 404 g/mol. The average Bonchev–Trinajstić information content (AvgIpc) is 2.71. The van der Waals surface area contributed by atoms with Crippen LogP contribution >= 0.6 is 0 Å². The summed E-state index contributed by atoms with van der Waals surface area (Å²) < 4.78 is 20.9. The standard InChI is InChI=1S/C21H26FN3O4/c1-13-3-4-14-11-15(22)12-16-18(14)25(13)21(28)17(19(16)26)20(27)23-5-2-6-24-7-9-29-10-8-24/h11-13,26H,2-10H2,1H3,(H,23,27)/p+1/t13-/m0/s1. The summed E-state index contributed by atoms with van der Waals surface area (Å²) in [6, 6.07) is 2.47. The molecule has 0 radical (unpaired) electrons. The Balaban J connectivity index is 1.58. The Kier molecular flexibility index (Phi) is 5.56. The van der Waals surface area contributed by atoms with E-state index in [0.717, 1.165) is 39.3 Å². The number of halogens is 1. The van der Waals surface area contributed by atoms with Gasteiger partial charge in [0, 0.05) is 24.4 Å². The van der Waals surface area contributed by atoms with Crippen molar-refractivity contribution in [1.29, 1.82) is 0 Å². The summed E-state index contributed by atoms with van der Waals surface area (Å²) in [5.41, 5.74) is 0.388. The summed E-state index contributed by atoms with van der Waals surface area (Å²) in [7, 11) is 0. The van der Waals surface area contributed by atoms with Crippen molar-refractivity contribution in [3.8, 4) is 5.75 Å². The number of carbonyl (C=O) groups excluding carboxylic acids is 1. The van der Waals surface area contributed by atoms with Gasteiger partial charge in [0.2, 0.25) is 0 Å². The van der Waals surface area contributed by atoms with Gasteiger partial charge in [0.15, 0.2) is 0 Å². The smallest absolute Gasteiger partial charge is 0.267 e. The molecule has 1 aromatic heterocycles. The lowest BCUT2D eigenvalue weighted by molar-refractivity contribution is -0.908. The van der Waals surface area contributed by atoms with Crippen LogP contribution in [0.25, 0.3) is 10.9 Å². The van der Waals surface area contributed by atoms with Crippen LogP contribution in [0.4, 0.5) is 4.39 Å². The van der Waals surface area contributed by atoms with Crippen molar-refractivity contribution in [2.75, 3.05) is 39.4 Å². The molecular weight excluding hydrogens is 377 g/mol. The molecular formula is C21H27FN3O4+. The van der Waals surface area contributed by atoms with Crippen LogP contribution in [0.1, 0.15) is 41.7 Å². The number of aromatic nitrogens is 1. The van der Waals surface area contributed by atoms with Gasteiger partial charge in [-0.2, -0.15) is 0 Å².